The van der Waals surface area contributed by atoms with Crippen molar-refractivity contribution in [2.45, 2.75) is 20.3 Å². The number of anilines is 1. The van der Waals surface area contributed by atoms with Crippen molar-refractivity contribution in [2.24, 2.45) is 0 Å². The van der Waals surface area contributed by atoms with Crippen LogP contribution in [0, 0.1) is 6.92 Å². The molecule has 0 aliphatic heterocycles. The SMILES string of the molecule is CCc1noc(C)c1C(=O)Nc1ccc(Cl)c(Cl)c1. The summed E-state index contributed by atoms with van der Waals surface area (Å²) in [6.07, 6.45) is 0.626. The van der Waals surface area contributed by atoms with Crippen molar-refractivity contribution in [1.29, 1.82) is 0 Å². The van der Waals surface area contributed by atoms with Crippen molar-refractivity contribution in [2.75, 3.05) is 5.32 Å². The topological polar surface area (TPSA) is 55.1 Å². The van der Waals surface area contributed by atoms with Crippen molar-refractivity contribution in [1.82, 2.24) is 5.16 Å². The van der Waals surface area contributed by atoms with Crippen LogP contribution in [-0.4, -0.2) is 11.1 Å². The van der Waals surface area contributed by atoms with E-state index in [2.05, 4.69) is 10.5 Å². The third kappa shape index (κ3) is 2.91. The molecule has 4 nitrogen and oxygen atoms in total. The standard InChI is InChI=1S/C13H12Cl2N2O2/c1-3-11-12(7(2)19-17-11)13(18)16-8-4-5-9(14)10(15)6-8/h4-6H,3H2,1-2H3,(H,16,18). The molecule has 100 valence electrons. The highest BCUT2D eigenvalue weighted by atomic mass is 35.5. The minimum absolute atomic E-state index is 0.269. The first-order valence-electron chi connectivity index (χ1n) is 5.74. The summed E-state index contributed by atoms with van der Waals surface area (Å²) in [7, 11) is 0. The van der Waals surface area contributed by atoms with Crippen LogP contribution in [0.5, 0.6) is 0 Å². The van der Waals surface area contributed by atoms with Crippen molar-refractivity contribution in [3.05, 3.63) is 45.3 Å². The summed E-state index contributed by atoms with van der Waals surface area (Å²) in [4.78, 5) is 12.2. The summed E-state index contributed by atoms with van der Waals surface area (Å²) in [5.74, 6) is 0.225. The largest absolute Gasteiger partial charge is 0.361 e. The zero-order chi connectivity index (χ0) is 14.0. The van der Waals surface area contributed by atoms with Gasteiger partial charge in [-0.15, -0.1) is 0 Å². The Balaban J connectivity index is 2.25. The van der Waals surface area contributed by atoms with Gasteiger partial charge in [0.15, 0.2) is 0 Å². The van der Waals surface area contributed by atoms with E-state index in [1.807, 2.05) is 6.92 Å². The maximum absolute atomic E-state index is 12.2. The molecule has 0 saturated heterocycles. The van der Waals surface area contributed by atoms with Crippen molar-refractivity contribution in [3.63, 3.8) is 0 Å². The number of hydrogen-bond acceptors (Lipinski definition) is 3. The lowest BCUT2D eigenvalue weighted by atomic mass is 10.1. The Morgan fingerprint density at radius 2 is 2.11 bits per heavy atom. The van der Waals surface area contributed by atoms with Crippen LogP contribution in [0.4, 0.5) is 5.69 Å². The Labute approximate surface area is 120 Å². The van der Waals surface area contributed by atoms with Crippen molar-refractivity contribution in [3.8, 4) is 0 Å². The van der Waals surface area contributed by atoms with E-state index in [-0.39, 0.29) is 5.91 Å². The van der Waals surface area contributed by atoms with Crippen LogP contribution in [0.25, 0.3) is 0 Å². The molecule has 0 unspecified atom stereocenters. The Bertz CT molecular complexity index is 623. The lowest BCUT2D eigenvalue weighted by molar-refractivity contribution is 0.102. The number of amides is 1. The molecule has 6 heteroatoms. The van der Waals surface area contributed by atoms with E-state index < -0.39 is 0 Å². The molecule has 19 heavy (non-hydrogen) atoms. The van der Waals surface area contributed by atoms with Crippen LogP contribution in [-0.2, 0) is 6.42 Å². The van der Waals surface area contributed by atoms with Crippen LogP contribution in [0.1, 0.15) is 28.7 Å². The highest BCUT2D eigenvalue weighted by molar-refractivity contribution is 6.42. The maximum Gasteiger partial charge on any atom is 0.261 e. The van der Waals surface area contributed by atoms with Gasteiger partial charge in [-0.25, -0.2) is 0 Å². The van der Waals surface area contributed by atoms with E-state index in [1.54, 1.807) is 25.1 Å². The number of halogens is 2. The van der Waals surface area contributed by atoms with E-state index in [0.29, 0.717) is 39.2 Å². The fourth-order valence-electron chi connectivity index (χ4n) is 1.72. The van der Waals surface area contributed by atoms with Gasteiger partial charge in [0.25, 0.3) is 5.91 Å². The molecule has 0 aliphatic rings. The van der Waals surface area contributed by atoms with Gasteiger partial charge in [0.2, 0.25) is 0 Å². The number of hydrogen-bond donors (Lipinski definition) is 1. The number of nitrogens with zero attached hydrogens (tertiary/aromatic N) is 1. The van der Waals surface area contributed by atoms with Gasteiger partial charge in [-0.1, -0.05) is 35.3 Å². The summed E-state index contributed by atoms with van der Waals surface area (Å²) in [6, 6.07) is 4.90. The van der Waals surface area contributed by atoms with E-state index >= 15 is 0 Å². The number of benzene rings is 1. The minimum Gasteiger partial charge on any atom is -0.361 e. The highest BCUT2D eigenvalue weighted by Gasteiger charge is 2.19. The molecule has 1 N–H and O–H groups in total. The predicted molar refractivity (Wildman–Crippen MR) is 75.0 cm³/mol. The van der Waals surface area contributed by atoms with Crippen LogP contribution < -0.4 is 5.32 Å². The first kappa shape index (κ1) is 13.9. The number of rotatable bonds is 3. The zero-order valence-corrected chi connectivity index (χ0v) is 12.0. The van der Waals surface area contributed by atoms with E-state index in [4.69, 9.17) is 27.7 Å². The summed E-state index contributed by atoms with van der Waals surface area (Å²) in [5.41, 5.74) is 1.67. The highest BCUT2D eigenvalue weighted by Crippen LogP contribution is 2.25. The average molecular weight is 299 g/mol. The van der Waals surface area contributed by atoms with Gasteiger partial charge >= 0.3 is 0 Å². The first-order chi connectivity index (χ1) is 9.02. The van der Waals surface area contributed by atoms with Crippen LogP contribution >= 0.6 is 23.2 Å². The van der Waals surface area contributed by atoms with Crippen LogP contribution in [0.2, 0.25) is 10.0 Å². The lowest BCUT2D eigenvalue weighted by Crippen LogP contribution is -2.14. The number of carbonyl (C=O) groups excluding carboxylic acids is 1. The molecule has 2 aromatic rings. The molecule has 0 bridgehead atoms. The molecule has 1 heterocycles. The summed E-state index contributed by atoms with van der Waals surface area (Å²) in [5, 5.41) is 7.42. The molecule has 1 amide bonds. The maximum atomic E-state index is 12.2. The average Bonchev–Trinajstić information content (AvgIpc) is 2.75. The van der Waals surface area contributed by atoms with E-state index in [1.165, 1.54) is 0 Å². The monoisotopic (exact) mass is 298 g/mol. The first-order valence-corrected chi connectivity index (χ1v) is 6.50. The Hall–Kier alpha value is -1.52. The number of aromatic nitrogens is 1. The molecule has 1 aromatic heterocycles. The molecule has 1 aromatic carbocycles. The second-order valence-electron chi connectivity index (χ2n) is 4.00. The molecule has 0 atom stereocenters. The third-order valence-corrected chi connectivity index (χ3v) is 3.41. The minimum atomic E-state index is -0.269. The quantitative estimate of drug-likeness (QED) is 0.928. The smallest absolute Gasteiger partial charge is 0.261 e. The van der Waals surface area contributed by atoms with Gasteiger partial charge in [0.05, 0.1) is 15.7 Å². The van der Waals surface area contributed by atoms with Crippen molar-refractivity contribution >= 4 is 34.8 Å². The molecule has 2 rings (SSSR count). The Morgan fingerprint density at radius 3 is 2.74 bits per heavy atom. The fraction of sp³-hybridized carbons (Fsp3) is 0.231. The fourth-order valence-corrected chi connectivity index (χ4v) is 2.02. The summed E-state index contributed by atoms with van der Waals surface area (Å²) >= 11 is 11.7. The normalized spacial score (nSPS) is 10.5. The summed E-state index contributed by atoms with van der Waals surface area (Å²) < 4.78 is 5.03. The van der Waals surface area contributed by atoms with Gasteiger partial charge in [0, 0.05) is 5.69 Å². The third-order valence-electron chi connectivity index (χ3n) is 2.67. The predicted octanol–water partition coefficient (Wildman–Crippen LogP) is 4.10. The molecular formula is C13H12Cl2N2O2. The van der Waals surface area contributed by atoms with Gasteiger partial charge in [-0.2, -0.15) is 0 Å². The van der Waals surface area contributed by atoms with E-state index in [0.717, 1.165) is 0 Å². The molecule has 0 fully saturated rings. The molecule has 0 aliphatic carbocycles. The van der Waals surface area contributed by atoms with Crippen LogP contribution in [0.15, 0.2) is 22.7 Å². The second kappa shape index (κ2) is 5.63. The van der Waals surface area contributed by atoms with Crippen molar-refractivity contribution < 1.29 is 9.32 Å². The second-order valence-corrected chi connectivity index (χ2v) is 4.81. The van der Waals surface area contributed by atoms with Gasteiger partial charge in [-0.3, -0.25) is 4.79 Å². The van der Waals surface area contributed by atoms with Crippen LogP contribution in [0.3, 0.4) is 0 Å². The zero-order valence-electron chi connectivity index (χ0n) is 10.5. The number of nitrogens with one attached hydrogen (secondary N) is 1. The molecule has 0 spiro atoms. The lowest BCUT2D eigenvalue weighted by Gasteiger charge is -2.06. The van der Waals surface area contributed by atoms with Gasteiger partial charge < -0.3 is 9.84 Å². The van der Waals surface area contributed by atoms with E-state index in [9.17, 15) is 4.79 Å². The van der Waals surface area contributed by atoms with Gasteiger partial charge in [-0.05, 0) is 31.5 Å². The number of aryl methyl sites for hydroxylation is 2. The Kier molecular flexibility index (Phi) is 4.12. The van der Waals surface area contributed by atoms with Gasteiger partial charge in [0.1, 0.15) is 11.3 Å². The summed E-state index contributed by atoms with van der Waals surface area (Å²) in [6.45, 7) is 3.61. The molecule has 0 radical (unpaired) electrons. The molecule has 0 saturated carbocycles. The number of carbonyl (C=O) groups is 1. The molecular weight excluding hydrogens is 287 g/mol. The Morgan fingerprint density at radius 1 is 1.37 bits per heavy atom.